The lowest BCUT2D eigenvalue weighted by molar-refractivity contribution is -0.141. The molecule has 21 heavy (non-hydrogen) atoms. The molecule has 0 radical (unpaired) electrons. The van der Waals surface area contributed by atoms with Crippen LogP contribution in [-0.4, -0.2) is 23.3 Å². The number of hydrogen-bond acceptors (Lipinski definition) is 3. The molecule has 2 atom stereocenters. The average Bonchev–Trinajstić information content (AvgIpc) is 2.47. The minimum atomic E-state index is -1.30. The molecule has 4 nitrogen and oxygen atoms in total. The molecule has 0 saturated heterocycles. The summed E-state index contributed by atoms with van der Waals surface area (Å²) in [6, 6.07) is 7.44. The Balaban J connectivity index is 2.62. The summed E-state index contributed by atoms with van der Waals surface area (Å²) in [5.41, 5.74) is 1.13. The lowest BCUT2D eigenvalue weighted by Crippen LogP contribution is -2.33. The molecule has 5 heteroatoms. The zero-order chi connectivity index (χ0) is 15.7. The van der Waals surface area contributed by atoms with Gasteiger partial charge in [0.15, 0.2) is 0 Å². The zero-order valence-electron chi connectivity index (χ0n) is 13.1. The highest BCUT2D eigenvalue weighted by Gasteiger charge is 2.17. The lowest BCUT2D eigenvalue weighted by Gasteiger charge is -2.17. The van der Waals surface area contributed by atoms with E-state index in [0.717, 1.165) is 36.1 Å². The van der Waals surface area contributed by atoms with Crippen molar-refractivity contribution in [2.75, 3.05) is 7.11 Å². The number of benzene rings is 1. The van der Waals surface area contributed by atoms with Gasteiger partial charge in [-0.25, -0.2) is 8.93 Å². The molecule has 0 amide bonds. The first-order valence-electron chi connectivity index (χ1n) is 7.38. The SMILES string of the molecule is CCCCC[C@H](CC(=O)OC)NS(=O)c1ccc(C)cc1. The fourth-order valence-electron chi connectivity index (χ4n) is 2.01. The molecular weight excluding hydrogens is 286 g/mol. The maximum absolute atomic E-state index is 12.3. The Labute approximate surface area is 129 Å². The van der Waals surface area contributed by atoms with Crippen molar-refractivity contribution in [3.8, 4) is 0 Å². The quantitative estimate of drug-likeness (QED) is 0.563. The van der Waals surface area contributed by atoms with Gasteiger partial charge < -0.3 is 4.74 Å². The number of nitrogens with one attached hydrogen (secondary N) is 1. The van der Waals surface area contributed by atoms with Gasteiger partial charge in [0.1, 0.15) is 11.0 Å². The molecule has 118 valence electrons. The lowest BCUT2D eigenvalue weighted by atomic mass is 10.1. The van der Waals surface area contributed by atoms with E-state index in [-0.39, 0.29) is 18.4 Å². The third-order valence-electron chi connectivity index (χ3n) is 3.31. The van der Waals surface area contributed by atoms with Crippen LogP contribution in [0.5, 0.6) is 0 Å². The summed E-state index contributed by atoms with van der Waals surface area (Å²) in [5.74, 6) is -0.273. The van der Waals surface area contributed by atoms with E-state index in [9.17, 15) is 9.00 Å². The Hall–Kier alpha value is -1.20. The number of hydrogen-bond donors (Lipinski definition) is 1. The van der Waals surface area contributed by atoms with Crippen LogP contribution in [0.25, 0.3) is 0 Å². The van der Waals surface area contributed by atoms with Gasteiger partial charge in [0, 0.05) is 6.04 Å². The number of ether oxygens (including phenoxy) is 1. The van der Waals surface area contributed by atoms with Crippen molar-refractivity contribution in [1.29, 1.82) is 0 Å². The molecule has 0 aliphatic rings. The fourth-order valence-corrected chi connectivity index (χ4v) is 3.03. The molecule has 0 spiro atoms. The smallest absolute Gasteiger partial charge is 0.307 e. The Morgan fingerprint density at radius 2 is 1.95 bits per heavy atom. The van der Waals surface area contributed by atoms with E-state index in [0.29, 0.717) is 0 Å². The van der Waals surface area contributed by atoms with E-state index >= 15 is 0 Å². The van der Waals surface area contributed by atoms with Gasteiger partial charge in [-0.05, 0) is 25.5 Å². The number of aryl methyl sites for hydroxylation is 1. The van der Waals surface area contributed by atoms with Gasteiger partial charge in [-0.3, -0.25) is 4.79 Å². The summed E-state index contributed by atoms with van der Waals surface area (Å²) in [7, 11) is 0.0740. The largest absolute Gasteiger partial charge is 0.469 e. The van der Waals surface area contributed by atoms with Crippen LogP contribution in [0, 0.1) is 6.92 Å². The molecule has 0 heterocycles. The minimum Gasteiger partial charge on any atom is -0.469 e. The predicted octanol–water partition coefficient (Wildman–Crippen LogP) is 3.12. The van der Waals surface area contributed by atoms with Crippen LogP contribution in [0.1, 0.15) is 44.6 Å². The maximum Gasteiger partial charge on any atom is 0.307 e. The van der Waals surface area contributed by atoms with Gasteiger partial charge >= 0.3 is 5.97 Å². The van der Waals surface area contributed by atoms with Crippen molar-refractivity contribution in [1.82, 2.24) is 4.72 Å². The van der Waals surface area contributed by atoms with E-state index in [4.69, 9.17) is 4.74 Å². The molecule has 1 aromatic rings. The molecular formula is C16H25NO3S. The topological polar surface area (TPSA) is 55.4 Å². The monoisotopic (exact) mass is 311 g/mol. The molecule has 0 aromatic heterocycles. The zero-order valence-corrected chi connectivity index (χ0v) is 13.9. The highest BCUT2D eigenvalue weighted by atomic mass is 32.2. The Morgan fingerprint density at radius 1 is 1.29 bits per heavy atom. The van der Waals surface area contributed by atoms with Crippen molar-refractivity contribution in [3.63, 3.8) is 0 Å². The second-order valence-corrected chi connectivity index (χ2v) is 6.42. The Kier molecular flexibility index (Phi) is 8.23. The van der Waals surface area contributed by atoms with Gasteiger partial charge in [0.25, 0.3) is 0 Å². The number of rotatable bonds is 9. The van der Waals surface area contributed by atoms with Gasteiger partial charge in [-0.15, -0.1) is 0 Å². The molecule has 1 aromatic carbocycles. The van der Waals surface area contributed by atoms with Crippen LogP contribution in [-0.2, 0) is 20.5 Å². The third kappa shape index (κ3) is 6.87. The average molecular weight is 311 g/mol. The van der Waals surface area contributed by atoms with Crippen molar-refractivity contribution < 1.29 is 13.7 Å². The standard InChI is InChI=1S/C16H25NO3S/c1-4-5-6-7-14(12-16(18)20-3)17-21(19)15-10-8-13(2)9-11-15/h8-11,14,17H,4-7,12H2,1-3H3/t14-,21?/m1/s1. The first kappa shape index (κ1) is 17.9. The van der Waals surface area contributed by atoms with E-state index in [2.05, 4.69) is 11.6 Å². The van der Waals surface area contributed by atoms with Crippen LogP contribution >= 0.6 is 0 Å². The predicted molar refractivity (Wildman–Crippen MR) is 85.3 cm³/mol. The number of methoxy groups -OCH3 is 1. The molecule has 1 N–H and O–H groups in total. The van der Waals surface area contributed by atoms with Crippen molar-refractivity contribution in [2.24, 2.45) is 0 Å². The second kappa shape index (κ2) is 9.68. The van der Waals surface area contributed by atoms with Crippen molar-refractivity contribution in [2.45, 2.75) is 56.9 Å². The van der Waals surface area contributed by atoms with Crippen molar-refractivity contribution in [3.05, 3.63) is 29.8 Å². The van der Waals surface area contributed by atoms with Crippen molar-refractivity contribution >= 4 is 17.0 Å². The van der Waals surface area contributed by atoms with E-state index in [1.165, 1.54) is 7.11 Å². The first-order chi connectivity index (χ1) is 10.1. The molecule has 0 aliphatic heterocycles. The second-order valence-electron chi connectivity index (χ2n) is 5.17. The maximum atomic E-state index is 12.3. The summed E-state index contributed by atoms with van der Waals surface area (Å²) in [5, 5.41) is 0. The summed E-state index contributed by atoms with van der Waals surface area (Å²) in [4.78, 5) is 12.2. The minimum absolute atomic E-state index is 0.119. The summed E-state index contributed by atoms with van der Waals surface area (Å²) in [6.07, 6.45) is 4.30. The molecule has 0 fully saturated rings. The van der Waals surface area contributed by atoms with Gasteiger partial charge in [-0.1, -0.05) is 43.9 Å². The molecule has 0 bridgehead atoms. The highest BCUT2D eigenvalue weighted by molar-refractivity contribution is 7.83. The third-order valence-corrected chi connectivity index (χ3v) is 4.55. The normalized spacial score (nSPS) is 13.7. The Morgan fingerprint density at radius 3 is 2.52 bits per heavy atom. The molecule has 0 aliphatic carbocycles. The van der Waals surface area contributed by atoms with E-state index in [1.54, 1.807) is 0 Å². The Bertz CT molecular complexity index is 459. The van der Waals surface area contributed by atoms with Crippen LogP contribution < -0.4 is 4.72 Å². The molecule has 1 rings (SSSR count). The number of carbonyl (C=O) groups excluding carboxylic acids is 1. The summed E-state index contributed by atoms with van der Waals surface area (Å²) in [6.45, 7) is 4.12. The summed E-state index contributed by atoms with van der Waals surface area (Å²) < 4.78 is 20.1. The first-order valence-corrected chi connectivity index (χ1v) is 8.53. The highest BCUT2D eigenvalue weighted by Crippen LogP contribution is 2.12. The number of carbonyl (C=O) groups is 1. The van der Waals surface area contributed by atoms with Crippen LogP contribution in [0.15, 0.2) is 29.2 Å². The number of unbranched alkanes of at least 4 members (excludes halogenated alkanes) is 2. The van der Waals surface area contributed by atoms with E-state index in [1.807, 2.05) is 31.2 Å². The fraction of sp³-hybridized carbons (Fsp3) is 0.562. The molecule has 0 saturated carbocycles. The van der Waals surface area contributed by atoms with Gasteiger partial charge in [0.2, 0.25) is 0 Å². The number of esters is 1. The van der Waals surface area contributed by atoms with Crippen LogP contribution in [0.3, 0.4) is 0 Å². The van der Waals surface area contributed by atoms with Crippen LogP contribution in [0.2, 0.25) is 0 Å². The molecule has 1 unspecified atom stereocenters. The summed E-state index contributed by atoms with van der Waals surface area (Å²) >= 11 is 0. The van der Waals surface area contributed by atoms with Crippen LogP contribution in [0.4, 0.5) is 0 Å². The van der Waals surface area contributed by atoms with E-state index < -0.39 is 11.0 Å². The van der Waals surface area contributed by atoms with Gasteiger partial charge in [-0.2, -0.15) is 0 Å². The van der Waals surface area contributed by atoms with Gasteiger partial charge in [0.05, 0.1) is 18.4 Å².